The first-order chi connectivity index (χ1) is 9.24. The van der Waals surface area contributed by atoms with E-state index in [1.165, 1.54) is 22.3 Å². The number of nitrogens with zero attached hydrogens (tertiary/aromatic N) is 1. The van der Waals surface area contributed by atoms with E-state index in [2.05, 4.69) is 77.9 Å². The molecule has 0 saturated carbocycles. The first-order valence-corrected chi connectivity index (χ1v) is 7.45. The molecule has 0 N–H and O–H groups in total. The third kappa shape index (κ3) is 6.62. The Morgan fingerprint density at radius 1 is 1.19 bits per heavy atom. The summed E-state index contributed by atoms with van der Waals surface area (Å²) in [5, 5.41) is 0. The van der Waals surface area contributed by atoms with E-state index < -0.39 is 0 Å². The molecule has 2 aliphatic carbocycles. The SMILES string of the molecule is CC1=[C-]C(C)(C)C(C)=C1C.CN(C)CCC1=[C-]CC=C1.[Zr+2]. The van der Waals surface area contributed by atoms with Gasteiger partial charge >= 0.3 is 26.2 Å². The van der Waals surface area contributed by atoms with Crippen molar-refractivity contribution in [1.82, 2.24) is 4.90 Å². The van der Waals surface area contributed by atoms with Gasteiger partial charge in [-0.05, 0) is 27.1 Å². The molecular weight excluding hydrogens is 333 g/mol. The van der Waals surface area contributed by atoms with Crippen molar-refractivity contribution in [2.75, 3.05) is 20.6 Å². The van der Waals surface area contributed by atoms with E-state index >= 15 is 0 Å². The molecule has 0 spiro atoms. The number of allylic oxidation sites excluding steroid dienone is 7. The fraction of sp³-hybridized carbons (Fsp3) is 0.579. The van der Waals surface area contributed by atoms with E-state index in [1.54, 1.807) is 0 Å². The molecule has 21 heavy (non-hydrogen) atoms. The summed E-state index contributed by atoms with van der Waals surface area (Å²) in [5.74, 6) is 0. The molecule has 2 heteroatoms. The zero-order valence-corrected chi connectivity index (χ0v) is 17.2. The summed E-state index contributed by atoms with van der Waals surface area (Å²) < 4.78 is 0. The molecule has 2 aliphatic rings. The van der Waals surface area contributed by atoms with Crippen LogP contribution in [0.2, 0.25) is 0 Å². The maximum Gasteiger partial charge on any atom is 2.00 e. The van der Waals surface area contributed by atoms with E-state index in [0.717, 1.165) is 19.4 Å². The van der Waals surface area contributed by atoms with Gasteiger partial charge in [0.25, 0.3) is 0 Å². The smallest absolute Gasteiger partial charge is 0.309 e. The van der Waals surface area contributed by atoms with Crippen molar-refractivity contribution in [3.63, 3.8) is 0 Å². The van der Waals surface area contributed by atoms with Gasteiger partial charge in [0.2, 0.25) is 0 Å². The summed E-state index contributed by atoms with van der Waals surface area (Å²) in [7, 11) is 4.19. The van der Waals surface area contributed by atoms with Gasteiger partial charge in [-0.2, -0.15) is 17.2 Å². The van der Waals surface area contributed by atoms with E-state index in [-0.39, 0.29) is 31.6 Å². The Morgan fingerprint density at radius 2 is 1.81 bits per heavy atom. The van der Waals surface area contributed by atoms with E-state index in [4.69, 9.17) is 0 Å². The fourth-order valence-electron chi connectivity index (χ4n) is 2.37. The second-order valence-electron chi connectivity index (χ2n) is 6.49. The van der Waals surface area contributed by atoms with E-state index in [9.17, 15) is 0 Å². The fourth-order valence-corrected chi connectivity index (χ4v) is 2.37. The van der Waals surface area contributed by atoms with Crippen molar-refractivity contribution in [3.8, 4) is 0 Å². The minimum Gasteiger partial charge on any atom is -0.309 e. The standard InChI is InChI=1S/C10H15.C9H14N.Zr/c1-7-6-10(4,5)9(3)8(7)2;1-10(2)8-7-9-5-3-4-6-9;/h1-5H3;3,5H,4,7-8H2,1-2H3;/q2*-1;+2. The predicted octanol–water partition coefficient (Wildman–Crippen LogP) is 4.74. The molecule has 0 aromatic rings. The van der Waals surface area contributed by atoms with Crippen LogP contribution in [0.25, 0.3) is 0 Å². The third-order valence-corrected chi connectivity index (χ3v) is 4.16. The first-order valence-electron chi connectivity index (χ1n) is 7.45. The van der Waals surface area contributed by atoms with Crippen LogP contribution in [0.3, 0.4) is 0 Å². The van der Waals surface area contributed by atoms with Crippen molar-refractivity contribution >= 4 is 0 Å². The summed E-state index contributed by atoms with van der Waals surface area (Å²) in [6, 6.07) is 0. The normalized spacial score (nSPS) is 19.0. The summed E-state index contributed by atoms with van der Waals surface area (Å²) >= 11 is 0. The minimum atomic E-state index is 0. The average molecular weight is 363 g/mol. The van der Waals surface area contributed by atoms with Crippen molar-refractivity contribution in [2.24, 2.45) is 5.41 Å². The predicted molar refractivity (Wildman–Crippen MR) is 88.3 cm³/mol. The molecule has 0 aromatic heterocycles. The van der Waals surface area contributed by atoms with Crippen molar-refractivity contribution in [3.05, 3.63) is 46.6 Å². The Hall–Kier alpha value is -0.197. The van der Waals surface area contributed by atoms with Crippen LogP contribution in [0.4, 0.5) is 0 Å². The molecule has 0 atom stereocenters. The van der Waals surface area contributed by atoms with E-state index in [0.29, 0.717) is 0 Å². The third-order valence-electron chi connectivity index (χ3n) is 4.16. The Balaban J connectivity index is 0.000000364. The molecule has 0 radical (unpaired) electrons. The topological polar surface area (TPSA) is 3.24 Å². The van der Waals surface area contributed by atoms with Crippen LogP contribution in [-0.2, 0) is 26.2 Å². The zero-order valence-electron chi connectivity index (χ0n) is 14.7. The molecule has 0 aliphatic heterocycles. The van der Waals surface area contributed by atoms with Crippen LogP contribution in [0.1, 0.15) is 47.5 Å². The Bertz CT molecular complexity index is 462. The van der Waals surface area contributed by atoms with E-state index in [1.807, 2.05) is 0 Å². The van der Waals surface area contributed by atoms with Crippen LogP contribution in [0.15, 0.2) is 34.4 Å². The van der Waals surface area contributed by atoms with Gasteiger partial charge in [-0.3, -0.25) is 12.2 Å². The molecule has 1 nitrogen and oxygen atoms in total. The van der Waals surface area contributed by atoms with Gasteiger partial charge in [-0.1, -0.05) is 33.1 Å². The van der Waals surface area contributed by atoms with Crippen LogP contribution >= 0.6 is 0 Å². The first kappa shape index (κ1) is 20.8. The van der Waals surface area contributed by atoms with Crippen molar-refractivity contribution in [1.29, 1.82) is 0 Å². The number of hydrogen-bond acceptors (Lipinski definition) is 1. The molecule has 0 unspecified atom stereocenters. The molecule has 0 bridgehead atoms. The Kier molecular flexibility index (Phi) is 8.97. The molecule has 0 aromatic carbocycles. The van der Waals surface area contributed by atoms with Crippen LogP contribution < -0.4 is 0 Å². The van der Waals surface area contributed by atoms with Gasteiger partial charge < -0.3 is 4.90 Å². The summed E-state index contributed by atoms with van der Waals surface area (Å²) in [4.78, 5) is 2.20. The second kappa shape index (κ2) is 9.06. The van der Waals surface area contributed by atoms with Crippen molar-refractivity contribution < 1.29 is 26.2 Å². The van der Waals surface area contributed by atoms with Crippen molar-refractivity contribution in [2.45, 2.75) is 47.5 Å². The molecule has 114 valence electrons. The number of rotatable bonds is 3. The number of hydrogen-bond donors (Lipinski definition) is 0. The Labute approximate surface area is 151 Å². The zero-order chi connectivity index (χ0) is 15.3. The van der Waals surface area contributed by atoms with Gasteiger partial charge in [0.1, 0.15) is 0 Å². The molecule has 0 fully saturated rings. The van der Waals surface area contributed by atoms with Gasteiger partial charge in [-0.25, -0.2) is 17.2 Å². The minimum absolute atomic E-state index is 0. The molecule has 2 rings (SSSR count). The van der Waals surface area contributed by atoms with Gasteiger partial charge in [-0.15, -0.1) is 13.3 Å². The van der Waals surface area contributed by atoms with Gasteiger partial charge in [0, 0.05) is 0 Å². The monoisotopic (exact) mass is 361 g/mol. The van der Waals surface area contributed by atoms with Gasteiger partial charge in [0.05, 0.1) is 0 Å². The van der Waals surface area contributed by atoms with Crippen LogP contribution in [0.5, 0.6) is 0 Å². The summed E-state index contributed by atoms with van der Waals surface area (Å²) in [6.07, 6.45) is 13.2. The maximum atomic E-state index is 3.44. The molecule has 0 heterocycles. The van der Waals surface area contributed by atoms with Crippen LogP contribution in [-0.4, -0.2) is 25.5 Å². The molecule has 0 amide bonds. The van der Waals surface area contributed by atoms with Gasteiger partial charge in [0.15, 0.2) is 0 Å². The van der Waals surface area contributed by atoms with Crippen LogP contribution in [0, 0.1) is 17.6 Å². The maximum absolute atomic E-state index is 3.44. The molecular formula is C19H29NZr. The summed E-state index contributed by atoms with van der Waals surface area (Å²) in [6.45, 7) is 12.1. The largest absolute Gasteiger partial charge is 2.00 e. The Morgan fingerprint density at radius 3 is 2.10 bits per heavy atom. The quantitative estimate of drug-likeness (QED) is 0.656. The average Bonchev–Trinajstić information content (AvgIpc) is 2.92. The second-order valence-corrected chi connectivity index (χ2v) is 6.49. The summed E-state index contributed by atoms with van der Waals surface area (Å²) in [5.41, 5.74) is 5.76. The molecule has 0 saturated heterocycles.